The average molecular weight is 279 g/mol. The first-order valence-electron chi connectivity index (χ1n) is 6.49. The van der Waals surface area contributed by atoms with Crippen LogP contribution >= 0.6 is 0 Å². The second-order valence-electron chi connectivity index (χ2n) is 4.65. The van der Waals surface area contributed by atoms with E-state index in [0.29, 0.717) is 23.6 Å². The normalized spacial score (nSPS) is 10.4. The third kappa shape index (κ3) is 3.63. The first kappa shape index (κ1) is 15.8. The number of nitrogens with two attached hydrogens (primary N) is 2. The fourth-order valence-corrected chi connectivity index (χ4v) is 1.84. The van der Waals surface area contributed by atoms with E-state index in [2.05, 4.69) is 0 Å². The topological polar surface area (TPSA) is 98.7 Å². The molecule has 2 amide bonds. The van der Waals surface area contributed by atoms with E-state index in [1.165, 1.54) is 4.90 Å². The maximum absolute atomic E-state index is 12.6. The number of rotatable bonds is 6. The lowest BCUT2D eigenvalue weighted by Crippen LogP contribution is -2.42. The molecule has 6 nitrogen and oxygen atoms in total. The van der Waals surface area contributed by atoms with Crippen LogP contribution in [-0.2, 0) is 4.79 Å². The highest BCUT2D eigenvalue weighted by Crippen LogP contribution is 2.28. The Hall–Kier alpha value is -2.24. The van der Waals surface area contributed by atoms with Crippen molar-refractivity contribution in [2.45, 2.75) is 26.8 Å². The van der Waals surface area contributed by atoms with E-state index in [9.17, 15) is 9.59 Å². The van der Waals surface area contributed by atoms with Gasteiger partial charge in [-0.05, 0) is 32.9 Å². The molecule has 0 heterocycles. The molecule has 0 spiro atoms. The summed E-state index contributed by atoms with van der Waals surface area (Å²) >= 11 is 0. The van der Waals surface area contributed by atoms with Crippen molar-refractivity contribution in [3.05, 3.63) is 23.8 Å². The van der Waals surface area contributed by atoms with Gasteiger partial charge in [-0.15, -0.1) is 0 Å². The summed E-state index contributed by atoms with van der Waals surface area (Å²) in [5.41, 5.74) is 11.7. The Labute approximate surface area is 118 Å². The molecule has 0 aliphatic heterocycles. The fraction of sp³-hybridized carbons (Fsp3) is 0.429. The number of carbonyl (C=O) groups is 2. The van der Waals surface area contributed by atoms with Crippen LogP contribution in [0.25, 0.3) is 0 Å². The van der Waals surface area contributed by atoms with Gasteiger partial charge in [-0.3, -0.25) is 9.59 Å². The summed E-state index contributed by atoms with van der Waals surface area (Å²) in [5, 5.41) is 0. The molecule has 0 atom stereocenters. The van der Waals surface area contributed by atoms with Crippen molar-refractivity contribution in [1.82, 2.24) is 4.90 Å². The predicted octanol–water partition coefficient (Wildman–Crippen LogP) is 1.00. The number of nitrogens with zero attached hydrogens (tertiary/aromatic N) is 1. The van der Waals surface area contributed by atoms with Crippen LogP contribution in [0, 0.1) is 0 Å². The van der Waals surface area contributed by atoms with Gasteiger partial charge in [-0.25, -0.2) is 0 Å². The largest absolute Gasteiger partial charge is 0.491 e. The third-order valence-corrected chi connectivity index (χ3v) is 2.77. The Morgan fingerprint density at radius 3 is 2.50 bits per heavy atom. The zero-order valence-corrected chi connectivity index (χ0v) is 12.1. The molecule has 6 heteroatoms. The van der Waals surface area contributed by atoms with Crippen molar-refractivity contribution < 1.29 is 14.3 Å². The molecule has 0 aliphatic rings. The standard InChI is InChI=1S/C14H21N3O3/c1-4-20-13-10(6-5-7-11(13)15)14(19)17(9(2)3)8-12(16)18/h5-7,9H,4,8,15H2,1-3H3,(H2,16,18). The minimum atomic E-state index is -0.561. The molecule has 0 aliphatic carbocycles. The highest BCUT2D eigenvalue weighted by Gasteiger charge is 2.24. The number of para-hydroxylation sites is 1. The van der Waals surface area contributed by atoms with E-state index in [0.717, 1.165) is 0 Å². The number of anilines is 1. The van der Waals surface area contributed by atoms with Crippen LogP contribution in [0.3, 0.4) is 0 Å². The third-order valence-electron chi connectivity index (χ3n) is 2.77. The van der Waals surface area contributed by atoms with E-state index in [1.807, 2.05) is 20.8 Å². The minimum Gasteiger partial charge on any atom is -0.491 e. The molecule has 4 N–H and O–H groups in total. The van der Waals surface area contributed by atoms with Crippen LogP contribution in [0.2, 0.25) is 0 Å². The van der Waals surface area contributed by atoms with Crippen LogP contribution in [0.5, 0.6) is 5.75 Å². The minimum absolute atomic E-state index is 0.142. The molecule has 0 fully saturated rings. The van der Waals surface area contributed by atoms with Gasteiger partial charge in [0.15, 0.2) is 5.75 Å². The van der Waals surface area contributed by atoms with Crippen molar-refractivity contribution >= 4 is 17.5 Å². The van der Waals surface area contributed by atoms with E-state index < -0.39 is 5.91 Å². The van der Waals surface area contributed by atoms with Gasteiger partial charge in [-0.1, -0.05) is 6.07 Å². The number of nitrogen functional groups attached to an aromatic ring is 1. The lowest BCUT2D eigenvalue weighted by atomic mass is 10.1. The number of primary amides is 1. The summed E-state index contributed by atoms with van der Waals surface area (Å²) in [5.74, 6) is -0.543. The zero-order valence-electron chi connectivity index (χ0n) is 12.1. The van der Waals surface area contributed by atoms with Crippen molar-refractivity contribution in [2.75, 3.05) is 18.9 Å². The molecule has 20 heavy (non-hydrogen) atoms. The van der Waals surface area contributed by atoms with Crippen LogP contribution in [0.4, 0.5) is 5.69 Å². The predicted molar refractivity (Wildman–Crippen MR) is 77.4 cm³/mol. The first-order chi connectivity index (χ1) is 9.38. The van der Waals surface area contributed by atoms with Crippen LogP contribution in [-0.4, -0.2) is 35.9 Å². The second kappa shape index (κ2) is 6.79. The van der Waals surface area contributed by atoms with Gasteiger partial charge >= 0.3 is 0 Å². The highest BCUT2D eigenvalue weighted by atomic mass is 16.5. The number of carbonyl (C=O) groups excluding carboxylic acids is 2. The Bertz CT molecular complexity index is 500. The molecular weight excluding hydrogens is 258 g/mol. The van der Waals surface area contributed by atoms with E-state index in [4.69, 9.17) is 16.2 Å². The Balaban J connectivity index is 3.17. The summed E-state index contributed by atoms with van der Waals surface area (Å²) in [6.07, 6.45) is 0. The molecule has 1 aromatic rings. The molecule has 0 aromatic heterocycles. The average Bonchev–Trinajstić information content (AvgIpc) is 2.37. The summed E-state index contributed by atoms with van der Waals surface area (Å²) in [6.45, 7) is 5.69. The SMILES string of the molecule is CCOc1c(N)cccc1C(=O)N(CC(N)=O)C(C)C. The molecule has 0 saturated heterocycles. The van der Waals surface area contributed by atoms with Crippen molar-refractivity contribution in [3.8, 4) is 5.75 Å². The van der Waals surface area contributed by atoms with Gasteiger partial charge in [0.05, 0.1) is 24.4 Å². The molecule has 0 unspecified atom stereocenters. The quantitative estimate of drug-likeness (QED) is 0.759. The lowest BCUT2D eigenvalue weighted by Gasteiger charge is -2.26. The molecule has 1 rings (SSSR count). The lowest BCUT2D eigenvalue weighted by molar-refractivity contribution is -0.119. The summed E-state index contributed by atoms with van der Waals surface area (Å²) < 4.78 is 5.44. The van der Waals surface area contributed by atoms with Crippen molar-refractivity contribution in [2.24, 2.45) is 5.73 Å². The van der Waals surface area contributed by atoms with Gasteiger partial charge in [0.25, 0.3) is 5.91 Å². The van der Waals surface area contributed by atoms with Gasteiger partial charge < -0.3 is 21.1 Å². The fourth-order valence-electron chi connectivity index (χ4n) is 1.84. The van der Waals surface area contributed by atoms with Gasteiger partial charge in [0.2, 0.25) is 5.91 Å². The smallest absolute Gasteiger partial charge is 0.258 e. The summed E-state index contributed by atoms with van der Waals surface area (Å²) in [6, 6.07) is 4.80. The molecule has 1 aromatic carbocycles. The van der Waals surface area contributed by atoms with Crippen molar-refractivity contribution in [3.63, 3.8) is 0 Å². The van der Waals surface area contributed by atoms with Gasteiger partial charge in [0.1, 0.15) is 0 Å². The van der Waals surface area contributed by atoms with Gasteiger partial charge in [0, 0.05) is 6.04 Å². The Morgan fingerprint density at radius 2 is 2.00 bits per heavy atom. The Kier molecular flexibility index (Phi) is 5.37. The molecule has 0 saturated carbocycles. The number of amides is 2. The monoisotopic (exact) mass is 279 g/mol. The second-order valence-corrected chi connectivity index (χ2v) is 4.65. The highest BCUT2D eigenvalue weighted by molar-refractivity contribution is 6.00. The molecule has 0 radical (unpaired) electrons. The molecular formula is C14H21N3O3. The maximum Gasteiger partial charge on any atom is 0.258 e. The molecule has 0 bridgehead atoms. The van der Waals surface area contributed by atoms with E-state index in [-0.39, 0.29) is 18.5 Å². The van der Waals surface area contributed by atoms with Crippen LogP contribution in [0.1, 0.15) is 31.1 Å². The van der Waals surface area contributed by atoms with Crippen LogP contribution < -0.4 is 16.2 Å². The van der Waals surface area contributed by atoms with Gasteiger partial charge in [-0.2, -0.15) is 0 Å². The first-order valence-corrected chi connectivity index (χ1v) is 6.49. The summed E-state index contributed by atoms with van der Waals surface area (Å²) in [7, 11) is 0. The Morgan fingerprint density at radius 1 is 1.35 bits per heavy atom. The number of benzene rings is 1. The molecule has 110 valence electrons. The summed E-state index contributed by atoms with van der Waals surface area (Å²) in [4.78, 5) is 25.0. The number of ether oxygens (including phenoxy) is 1. The number of hydrogen-bond acceptors (Lipinski definition) is 4. The van der Waals surface area contributed by atoms with Crippen LogP contribution in [0.15, 0.2) is 18.2 Å². The maximum atomic E-state index is 12.6. The van der Waals surface area contributed by atoms with E-state index in [1.54, 1.807) is 18.2 Å². The van der Waals surface area contributed by atoms with Crippen molar-refractivity contribution in [1.29, 1.82) is 0 Å². The zero-order chi connectivity index (χ0) is 15.3. The van der Waals surface area contributed by atoms with E-state index >= 15 is 0 Å². The number of hydrogen-bond donors (Lipinski definition) is 2.